The van der Waals surface area contributed by atoms with E-state index >= 15 is 0 Å². The van der Waals surface area contributed by atoms with Gasteiger partial charge in [-0.15, -0.1) is 5.10 Å². The molecule has 0 amide bonds. The molecule has 132 valence electrons. The van der Waals surface area contributed by atoms with Gasteiger partial charge in [0.25, 0.3) is 5.56 Å². The Kier molecular flexibility index (Phi) is 3.41. The monoisotopic (exact) mass is 348 g/mol. The number of nitrogens with zero attached hydrogens (tertiary/aromatic N) is 6. The van der Waals surface area contributed by atoms with Gasteiger partial charge >= 0.3 is 0 Å². The van der Waals surface area contributed by atoms with Gasteiger partial charge in [0, 0.05) is 38.3 Å². The van der Waals surface area contributed by atoms with Crippen molar-refractivity contribution in [3.63, 3.8) is 0 Å². The number of anilines is 2. The first-order valence-electron chi connectivity index (χ1n) is 8.99. The van der Waals surface area contributed by atoms with Gasteiger partial charge in [-0.1, -0.05) is 6.07 Å². The van der Waals surface area contributed by atoms with Crippen molar-refractivity contribution in [2.45, 2.75) is 24.8 Å². The van der Waals surface area contributed by atoms with Gasteiger partial charge in [0.15, 0.2) is 5.82 Å². The first-order valence-corrected chi connectivity index (χ1v) is 8.99. The highest BCUT2D eigenvalue weighted by atomic mass is 16.1. The molecular weight excluding hydrogens is 328 g/mol. The fraction of sp³-hybridized carbons (Fsp3) is 0.368. The van der Waals surface area contributed by atoms with Crippen LogP contribution in [0.1, 0.15) is 24.5 Å². The molecule has 3 aromatic heterocycles. The maximum absolute atomic E-state index is 12.3. The number of rotatable bonds is 4. The highest BCUT2D eigenvalue weighted by Crippen LogP contribution is 2.38. The van der Waals surface area contributed by atoms with Crippen molar-refractivity contribution < 1.29 is 0 Å². The summed E-state index contributed by atoms with van der Waals surface area (Å²) in [4.78, 5) is 21.2. The quantitative estimate of drug-likeness (QED) is 0.715. The number of hydrogen-bond donors (Lipinski definition) is 0. The first-order chi connectivity index (χ1) is 12.7. The summed E-state index contributed by atoms with van der Waals surface area (Å²) >= 11 is 0. The third-order valence-corrected chi connectivity index (χ3v) is 5.32. The van der Waals surface area contributed by atoms with Crippen LogP contribution >= 0.6 is 0 Å². The first kappa shape index (κ1) is 15.3. The van der Waals surface area contributed by atoms with Crippen molar-refractivity contribution in [3.05, 3.63) is 58.6 Å². The number of likely N-dealkylation sites (N-methyl/N-ethyl adjacent to an activating group) is 1. The number of pyridine rings is 1. The third-order valence-electron chi connectivity index (χ3n) is 5.32. The van der Waals surface area contributed by atoms with E-state index < -0.39 is 0 Å². The molecule has 3 aromatic rings. The summed E-state index contributed by atoms with van der Waals surface area (Å²) in [6.45, 7) is 1.70. The van der Waals surface area contributed by atoms with Crippen LogP contribution < -0.4 is 15.4 Å². The molecular formula is C19H20N6O. The number of hydrogen-bond acceptors (Lipinski definition) is 6. The van der Waals surface area contributed by atoms with E-state index in [0.717, 1.165) is 24.6 Å². The maximum atomic E-state index is 12.3. The summed E-state index contributed by atoms with van der Waals surface area (Å²) in [5.41, 5.74) is 1.72. The van der Waals surface area contributed by atoms with E-state index in [1.807, 2.05) is 25.2 Å². The largest absolute Gasteiger partial charge is 0.353 e. The second-order valence-electron chi connectivity index (χ2n) is 7.14. The third kappa shape index (κ3) is 2.60. The average molecular weight is 348 g/mol. The molecule has 0 N–H and O–H groups in total. The van der Waals surface area contributed by atoms with Crippen molar-refractivity contribution in [3.8, 4) is 0 Å². The lowest BCUT2D eigenvalue weighted by Gasteiger charge is -2.44. The maximum Gasteiger partial charge on any atom is 0.259 e. The van der Waals surface area contributed by atoms with Crippen LogP contribution in [0.25, 0.3) is 5.65 Å². The molecule has 4 heterocycles. The molecule has 0 aromatic carbocycles. The van der Waals surface area contributed by atoms with Gasteiger partial charge in [0.1, 0.15) is 11.5 Å². The molecule has 0 spiro atoms. The van der Waals surface area contributed by atoms with Crippen molar-refractivity contribution in [2.75, 3.05) is 29.9 Å². The molecule has 0 atom stereocenters. The van der Waals surface area contributed by atoms with Crippen LogP contribution in [0.4, 0.5) is 11.6 Å². The van der Waals surface area contributed by atoms with Crippen molar-refractivity contribution in [1.82, 2.24) is 19.6 Å². The molecule has 1 aliphatic heterocycles. The Morgan fingerprint density at radius 2 is 1.96 bits per heavy atom. The zero-order valence-corrected chi connectivity index (χ0v) is 14.6. The topological polar surface area (TPSA) is 66.6 Å². The van der Waals surface area contributed by atoms with Crippen LogP contribution in [0, 0.1) is 0 Å². The lowest BCUT2D eigenvalue weighted by atomic mass is 10.1. The Labute approximate surface area is 150 Å². The molecule has 1 aliphatic carbocycles. The Morgan fingerprint density at radius 1 is 1.12 bits per heavy atom. The Morgan fingerprint density at radius 3 is 2.69 bits per heavy atom. The van der Waals surface area contributed by atoms with Crippen molar-refractivity contribution >= 4 is 17.3 Å². The van der Waals surface area contributed by atoms with Gasteiger partial charge in [-0.25, -0.2) is 4.98 Å². The molecule has 0 unspecified atom stereocenters. The zero-order valence-electron chi connectivity index (χ0n) is 14.6. The van der Waals surface area contributed by atoms with Crippen LogP contribution in [-0.4, -0.2) is 45.8 Å². The lowest BCUT2D eigenvalue weighted by Crippen LogP contribution is -2.59. The van der Waals surface area contributed by atoms with Crippen molar-refractivity contribution in [1.29, 1.82) is 0 Å². The van der Waals surface area contributed by atoms with Crippen LogP contribution in [0.15, 0.2) is 47.4 Å². The molecule has 1 saturated heterocycles. The molecule has 0 bridgehead atoms. The van der Waals surface area contributed by atoms with Crippen LogP contribution in [0.2, 0.25) is 0 Å². The molecule has 2 aliphatic rings. The van der Waals surface area contributed by atoms with E-state index in [9.17, 15) is 4.79 Å². The average Bonchev–Trinajstić information content (AvgIpc) is 3.46. The van der Waals surface area contributed by atoms with Gasteiger partial charge in [-0.05, 0) is 37.1 Å². The second-order valence-corrected chi connectivity index (χ2v) is 7.14. The predicted octanol–water partition coefficient (Wildman–Crippen LogP) is 1.69. The summed E-state index contributed by atoms with van der Waals surface area (Å²) in [5, 5.41) is 8.73. The Bertz CT molecular complexity index is 1000. The molecule has 0 radical (unpaired) electrons. The predicted molar refractivity (Wildman–Crippen MR) is 99.9 cm³/mol. The van der Waals surface area contributed by atoms with Crippen LogP contribution in [0.3, 0.4) is 0 Å². The molecule has 7 nitrogen and oxygen atoms in total. The second kappa shape index (κ2) is 5.79. The molecule has 7 heteroatoms. The molecule has 1 saturated carbocycles. The van der Waals surface area contributed by atoms with E-state index in [1.165, 1.54) is 12.8 Å². The van der Waals surface area contributed by atoms with E-state index in [1.54, 1.807) is 16.7 Å². The highest BCUT2D eigenvalue weighted by molar-refractivity contribution is 5.51. The minimum absolute atomic E-state index is 0.0600. The zero-order chi connectivity index (χ0) is 17.7. The fourth-order valence-electron chi connectivity index (χ4n) is 3.40. The minimum Gasteiger partial charge on any atom is -0.353 e. The molecule has 5 rings (SSSR count). The minimum atomic E-state index is -0.0600. The summed E-state index contributed by atoms with van der Waals surface area (Å²) < 4.78 is 1.56. The van der Waals surface area contributed by atoms with Gasteiger partial charge in [-0.2, -0.15) is 5.10 Å². The van der Waals surface area contributed by atoms with E-state index in [0.29, 0.717) is 23.4 Å². The fourth-order valence-corrected chi connectivity index (χ4v) is 3.40. The normalized spacial score (nSPS) is 17.3. The van der Waals surface area contributed by atoms with Gasteiger partial charge < -0.3 is 9.80 Å². The number of aromatic nitrogens is 4. The van der Waals surface area contributed by atoms with E-state index in [-0.39, 0.29) is 5.56 Å². The van der Waals surface area contributed by atoms with Gasteiger partial charge in [-0.3, -0.25) is 9.20 Å². The van der Waals surface area contributed by atoms with Gasteiger partial charge in [0.05, 0.1) is 11.7 Å². The van der Waals surface area contributed by atoms with Crippen LogP contribution in [-0.2, 0) is 0 Å². The summed E-state index contributed by atoms with van der Waals surface area (Å²) in [7, 11) is 1.99. The summed E-state index contributed by atoms with van der Waals surface area (Å²) in [6.07, 6.45) is 4.22. The standard InChI is InChI=1S/C19H20N6O/c1-23(18-10-19(26)25-9-3-2-4-16(25)20-18)14-11-24(12-14)17-8-7-15(21-22-17)13-5-6-13/h2-4,7-10,13-14H,5-6,11-12H2,1H3. The van der Waals surface area contributed by atoms with E-state index in [4.69, 9.17) is 0 Å². The summed E-state index contributed by atoms with van der Waals surface area (Å²) in [5.74, 6) is 2.26. The van der Waals surface area contributed by atoms with Gasteiger partial charge in [0.2, 0.25) is 0 Å². The van der Waals surface area contributed by atoms with Crippen molar-refractivity contribution in [2.24, 2.45) is 0 Å². The summed E-state index contributed by atoms with van der Waals surface area (Å²) in [6, 6.07) is 11.6. The smallest absolute Gasteiger partial charge is 0.259 e. The number of fused-ring (bicyclic) bond motifs is 1. The molecule has 2 fully saturated rings. The SMILES string of the molecule is CN(c1cc(=O)n2ccccc2n1)C1CN(c2ccc(C3CC3)nn2)C1. The van der Waals surface area contributed by atoms with E-state index in [2.05, 4.69) is 37.1 Å². The lowest BCUT2D eigenvalue weighted by molar-refractivity contribution is 0.487. The van der Waals surface area contributed by atoms with Crippen LogP contribution in [0.5, 0.6) is 0 Å². The highest BCUT2D eigenvalue weighted by Gasteiger charge is 2.32. The Hall–Kier alpha value is -2.96. The Balaban J connectivity index is 1.30. The molecule has 26 heavy (non-hydrogen) atoms.